The molecule has 0 aliphatic heterocycles. The van der Waals surface area contributed by atoms with Crippen molar-refractivity contribution in [1.82, 2.24) is 5.32 Å². The summed E-state index contributed by atoms with van der Waals surface area (Å²) in [6.45, 7) is 0.687. The van der Waals surface area contributed by atoms with Crippen molar-refractivity contribution >= 4 is 17.5 Å². The highest BCUT2D eigenvalue weighted by molar-refractivity contribution is 6.30. The molecule has 2 aliphatic rings. The first-order valence-corrected chi connectivity index (χ1v) is 8.25. The lowest BCUT2D eigenvalue weighted by molar-refractivity contribution is -0.127. The summed E-state index contributed by atoms with van der Waals surface area (Å²) in [4.78, 5) is 12.4. The lowest BCUT2D eigenvalue weighted by Gasteiger charge is -2.32. The van der Waals surface area contributed by atoms with E-state index in [9.17, 15) is 4.79 Å². The fourth-order valence-corrected chi connectivity index (χ4v) is 3.48. The number of amides is 1. The second kappa shape index (κ2) is 5.62. The van der Waals surface area contributed by atoms with Crippen LogP contribution in [-0.4, -0.2) is 18.0 Å². The molecule has 0 radical (unpaired) electrons. The number of carbonyl (C=O) groups excluding carboxylic acids is 1. The Morgan fingerprint density at radius 3 is 2.29 bits per heavy atom. The molecule has 0 spiro atoms. The number of nitrogens with two attached hydrogens (primary N) is 1. The number of nitrogens with one attached hydrogen (secondary N) is 1. The molecule has 1 aromatic rings. The third-order valence-corrected chi connectivity index (χ3v) is 5.35. The summed E-state index contributed by atoms with van der Waals surface area (Å²) in [5, 5.41) is 3.86. The lowest BCUT2D eigenvalue weighted by atomic mass is 9.81. The second-order valence-electron chi connectivity index (χ2n) is 6.69. The maximum atomic E-state index is 12.4. The van der Waals surface area contributed by atoms with Gasteiger partial charge in [-0.05, 0) is 43.4 Å². The molecule has 3 nitrogen and oxygen atoms in total. The van der Waals surface area contributed by atoms with Gasteiger partial charge >= 0.3 is 0 Å². The monoisotopic (exact) mass is 306 g/mol. The first-order chi connectivity index (χ1) is 10.0. The van der Waals surface area contributed by atoms with Gasteiger partial charge in [-0.1, -0.05) is 43.0 Å². The Kier molecular flexibility index (Phi) is 3.98. The van der Waals surface area contributed by atoms with Crippen molar-refractivity contribution in [3.8, 4) is 0 Å². The van der Waals surface area contributed by atoms with E-state index in [-0.39, 0.29) is 11.3 Å². The lowest BCUT2D eigenvalue weighted by Crippen LogP contribution is -2.56. The predicted molar refractivity (Wildman–Crippen MR) is 85.4 cm³/mol. The van der Waals surface area contributed by atoms with E-state index in [0.717, 1.165) is 43.5 Å². The summed E-state index contributed by atoms with van der Waals surface area (Å²) in [5.41, 5.74) is 7.01. The Labute approximate surface area is 131 Å². The van der Waals surface area contributed by atoms with Crippen molar-refractivity contribution < 1.29 is 4.79 Å². The number of hydrogen-bond acceptors (Lipinski definition) is 2. The summed E-state index contributed by atoms with van der Waals surface area (Å²) in [6, 6.07) is 7.98. The standard InChI is InChI=1S/C17H23ClN2O/c18-14-6-4-13(5-7-14)16(10-11-16)12-20-15(21)17(19)8-2-1-3-9-17/h4-7H,1-3,8-12,19H2,(H,20,21). The molecule has 0 bridgehead atoms. The molecular formula is C17H23ClN2O. The van der Waals surface area contributed by atoms with Crippen LogP contribution in [0.2, 0.25) is 5.02 Å². The molecule has 114 valence electrons. The van der Waals surface area contributed by atoms with Crippen LogP contribution in [0.4, 0.5) is 0 Å². The van der Waals surface area contributed by atoms with Crippen LogP contribution >= 0.6 is 11.6 Å². The molecule has 21 heavy (non-hydrogen) atoms. The van der Waals surface area contributed by atoms with Gasteiger partial charge in [-0.15, -0.1) is 0 Å². The zero-order valence-electron chi connectivity index (χ0n) is 12.3. The van der Waals surface area contributed by atoms with Gasteiger partial charge in [0.15, 0.2) is 0 Å². The highest BCUT2D eigenvalue weighted by Gasteiger charge is 2.45. The van der Waals surface area contributed by atoms with E-state index < -0.39 is 5.54 Å². The molecule has 3 rings (SSSR count). The van der Waals surface area contributed by atoms with E-state index >= 15 is 0 Å². The van der Waals surface area contributed by atoms with Crippen LogP contribution in [0.1, 0.15) is 50.5 Å². The fourth-order valence-electron chi connectivity index (χ4n) is 3.36. The third-order valence-electron chi connectivity index (χ3n) is 5.10. The zero-order valence-corrected chi connectivity index (χ0v) is 13.1. The Balaban J connectivity index is 1.62. The van der Waals surface area contributed by atoms with Crippen molar-refractivity contribution in [1.29, 1.82) is 0 Å². The Bertz CT molecular complexity index is 516. The molecule has 0 atom stereocenters. The first-order valence-electron chi connectivity index (χ1n) is 7.87. The summed E-state index contributed by atoms with van der Waals surface area (Å²) in [6.07, 6.45) is 7.18. The second-order valence-corrected chi connectivity index (χ2v) is 7.12. The highest BCUT2D eigenvalue weighted by atomic mass is 35.5. The molecule has 0 heterocycles. The van der Waals surface area contributed by atoms with Gasteiger partial charge in [0, 0.05) is 17.0 Å². The van der Waals surface area contributed by atoms with Crippen LogP contribution in [-0.2, 0) is 10.2 Å². The SMILES string of the molecule is NC1(C(=O)NCC2(c3ccc(Cl)cc3)CC2)CCCCC1. The Morgan fingerprint density at radius 2 is 1.71 bits per heavy atom. The van der Waals surface area contributed by atoms with E-state index in [1.54, 1.807) is 0 Å². The van der Waals surface area contributed by atoms with E-state index in [4.69, 9.17) is 17.3 Å². The van der Waals surface area contributed by atoms with Crippen LogP contribution in [0.15, 0.2) is 24.3 Å². The Hall–Kier alpha value is -1.06. The van der Waals surface area contributed by atoms with Crippen molar-refractivity contribution in [2.45, 2.75) is 55.9 Å². The first kappa shape index (κ1) is 14.9. The Morgan fingerprint density at radius 1 is 1.10 bits per heavy atom. The summed E-state index contributed by atoms with van der Waals surface area (Å²) < 4.78 is 0. The van der Waals surface area contributed by atoms with Gasteiger partial charge in [0.2, 0.25) is 5.91 Å². The van der Waals surface area contributed by atoms with Crippen molar-refractivity contribution in [3.63, 3.8) is 0 Å². The van der Waals surface area contributed by atoms with E-state index in [2.05, 4.69) is 17.4 Å². The molecule has 4 heteroatoms. The van der Waals surface area contributed by atoms with E-state index in [1.165, 1.54) is 12.0 Å². The predicted octanol–water partition coefficient (Wildman–Crippen LogP) is 3.15. The van der Waals surface area contributed by atoms with Gasteiger partial charge in [0.1, 0.15) is 0 Å². The molecule has 2 fully saturated rings. The minimum atomic E-state index is -0.645. The van der Waals surface area contributed by atoms with Crippen LogP contribution in [0.3, 0.4) is 0 Å². The topological polar surface area (TPSA) is 55.1 Å². The molecule has 2 saturated carbocycles. The van der Waals surface area contributed by atoms with Gasteiger partial charge in [-0.25, -0.2) is 0 Å². The number of benzene rings is 1. The minimum Gasteiger partial charge on any atom is -0.354 e. The quantitative estimate of drug-likeness (QED) is 0.898. The molecule has 1 aromatic carbocycles. The fraction of sp³-hybridized carbons (Fsp3) is 0.588. The number of carbonyl (C=O) groups is 1. The van der Waals surface area contributed by atoms with Crippen LogP contribution in [0.5, 0.6) is 0 Å². The van der Waals surface area contributed by atoms with Gasteiger partial charge in [-0.3, -0.25) is 4.79 Å². The molecule has 0 saturated heterocycles. The van der Waals surface area contributed by atoms with Crippen LogP contribution in [0.25, 0.3) is 0 Å². The largest absolute Gasteiger partial charge is 0.354 e. The molecule has 1 amide bonds. The van der Waals surface area contributed by atoms with Crippen molar-refractivity contribution in [3.05, 3.63) is 34.9 Å². The van der Waals surface area contributed by atoms with Crippen LogP contribution < -0.4 is 11.1 Å². The zero-order chi connectivity index (χ0) is 14.9. The third kappa shape index (κ3) is 3.09. The molecule has 3 N–H and O–H groups in total. The minimum absolute atomic E-state index is 0.0300. The number of halogens is 1. The summed E-state index contributed by atoms with van der Waals surface area (Å²) in [5.74, 6) is 0.0300. The van der Waals surface area contributed by atoms with Crippen molar-refractivity contribution in [2.24, 2.45) is 5.73 Å². The molecule has 2 aliphatic carbocycles. The van der Waals surface area contributed by atoms with Gasteiger partial charge < -0.3 is 11.1 Å². The smallest absolute Gasteiger partial charge is 0.240 e. The average molecular weight is 307 g/mol. The highest BCUT2D eigenvalue weighted by Crippen LogP contribution is 2.47. The van der Waals surface area contributed by atoms with E-state index in [0.29, 0.717) is 6.54 Å². The van der Waals surface area contributed by atoms with Gasteiger partial charge in [0.25, 0.3) is 0 Å². The van der Waals surface area contributed by atoms with Crippen LogP contribution in [0, 0.1) is 0 Å². The maximum Gasteiger partial charge on any atom is 0.240 e. The van der Waals surface area contributed by atoms with Gasteiger partial charge in [0.05, 0.1) is 5.54 Å². The average Bonchev–Trinajstić information content (AvgIpc) is 3.27. The molecule has 0 unspecified atom stereocenters. The molecular weight excluding hydrogens is 284 g/mol. The number of hydrogen-bond donors (Lipinski definition) is 2. The number of rotatable bonds is 4. The normalized spacial score (nSPS) is 22.6. The summed E-state index contributed by atoms with van der Waals surface area (Å²) in [7, 11) is 0. The van der Waals surface area contributed by atoms with E-state index in [1.807, 2.05) is 12.1 Å². The van der Waals surface area contributed by atoms with Crippen molar-refractivity contribution in [2.75, 3.05) is 6.54 Å². The maximum absolute atomic E-state index is 12.4. The van der Waals surface area contributed by atoms with Gasteiger partial charge in [-0.2, -0.15) is 0 Å². The molecule has 0 aromatic heterocycles. The summed E-state index contributed by atoms with van der Waals surface area (Å²) >= 11 is 5.94.